The summed E-state index contributed by atoms with van der Waals surface area (Å²) in [5.74, 6) is 0.946. The Morgan fingerprint density at radius 2 is 1.95 bits per heavy atom. The third-order valence-corrected chi connectivity index (χ3v) is 3.29. The van der Waals surface area contributed by atoms with E-state index in [0.29, 0.717) is 23.0 Å². The first kappa shape index (κ1) is 13.2. The fourth-order valence-corrected chi connectivity index (χ4v) is 2.25. The lowest BCUT2D eigenvalue weighted by Crippen LogP contribution is -1.95. The molecule has 0 saturated carbocycles. The second kappa shape index (κ2) is 4.94. The third-order valence-electron chi connectivity index (χ3n) is 3.29. The zero-order valence-electron chi connectivity index (χ0n) is 11.8. The lowest BCUT2D eigenvalue weighted by atomic mass is 10.0. The number of nitrogens with zero attached hydrogens (tertiary/aromatic N) is 2. The van der Waals surface area contributed by atoms with Gasteiger partial charge < -0.3 is 15.4 Å². The predicted octanol–water partition coefficient (Wildman–Crippen LogP) is 3.31. The maximum absolute atomic E-state index is 9.51. The molecule has 0 aliphatic heterocycles. The molecule has 21 heavy (non-hydrogen) atoms. The Hall–Kier alpha value is -2.82. The summed E-state index contributed by atoms with van der Waals surface area (Å²) in [5.41, 5.74) is 10.2. The number of nitrogen functional groups attached to an aromatic ring is 1. The fourth-order valence-electron chi connectivity index (χ4n) is 2.25. The number of nitrogens with two attached hydrogens (primary N) is 1. The van der Waals surface area contributed by atoms with E-state index in [1.54, 1.807) is 24.3 Å². The highest BCUT2D eigenvalue weighted by Gasteiger charge is 2.15. The largest absolute Gasteiger partial charge is 0.508 e. The van der Waals surface area contributed by atoms with E-state index in [2.05, 4.69) is 10.1 Å². The maximum Gasteiger partial charge on any atom is 0.260 e. The van der Waals surface area contributed by atoms with Gasteiger partial charge >= 0.3 is 0 Å². The SMILES string of the molecule is Cc1cc(C)c(N)c(-c2nc(-c3cccc(O)c3)no2)c1. The number of phenolic OH excluding ortho intramolecular Hbond substituents is 1. The molecule has 3 rings (SSSR count). The van der Waals surface area contributed by atoms with Gasteiger partial charge in [-0.2, -0.15) is 4.98 Å². The minimum atomic E-state index is 0.157. The highest BCUT2D eigenvalue weighted by molar-refractivity contribution is 5.75. The van der Waals surface area contributed by atoms with E-state index in [9.17, 15) is 5.11 Å². The van der Waals surface area contributed by atoms with E-state index in [1.165, 1.54) is 0 Å². The van der Waals surface area contributed by atoms with Gasteiger partial charge in [-0.25, -0.2) is 0 Å². The molecule has 2 aromatic carbocycles. The van der Waals surface area contributed by atoms with Crippen molar-refractivity contribution < 1.29 is 9.63 Å². The summed E-state index contributed by atoms with van der Waals surface area (Å²) in [6.45, 7) is 3.93. The average molecular weight is 281 g/mol. The summed E-state index contributed by atoms with van der Waals surface area (Å²) in [5, 5.41) is 13.5. The molecule has 0 atom stereocenters. The Bertz CT molecular complexity index is 809. The summed E-state index contributed by atoms with van der Waals surface area (Å²) in [6, 6.07) is 10.6. The zero-order valence-corrected chi connectivity index (χ0v) is 11.8. The standard InChI is InChI=1S/C16H15N3O2/c1-9-6-10(2)14(17)13(7-9)16-18-15(19-21-16)11-4-3-5-12(20)8-11/h3-8,20H,17H2,1-2H3. The normalized spacial score (nSPS) is 10.8. The third kappa shape index (κ3) is 2.45. The first-order chi connectivity index (χ1) is 10.0. The molecule has 5 nitrogen and oxygen atoms in total. The Morgan fingerprint density at radius 3 is 2.71 bits per heavy atom. The number of aromatic nitrogens is 2. The Labute approximate surface area is 122 Å². The van der Waals surface area contributed by atoms with Crippen molar-refractivity contribution in [1.29, 1.82) is 0 Å². The maximum atomic E-state index is 9.51. The van der Waals surface area contributed by atoms with Gasteiger partial charge in [0.2, 0.25) is 5.82 Å². The van der Waals surface area contributed by atoms with Crippen LogP contribution >= 0.6 is 0 Å². The molecule has 1 aromatic heterocycles. The smallest absolute Gasteiger partial charge is 0.260 e. The van der Waals surface area contributed by atoms with E-state index < -0.39 is 0 Å². The molecule has 1 heterocycles. The molecule has 0 radical (unpaired) electrons. The van der Waals surface area contributed by atoms with Crippen molar-refractivity contribution in [2.24, 2.45) is 0 Å². The van der Waals surface area contributed by atoms with Gasteiger partial charge in [-0.1, -0.05) is 23.4 Å². The number of aryl methyl sites for hydroxylation is 2. The molecular weight excluding hydrogens is 266 g/mol. The van der Waals surface area contributed by atoms with Crippen molar-refractivity contribution in [3.8, 4) is 28.6 Å². The highest BCUT2D eigenvalue weighted by atomic mass is 16.5. The molecule has 0 amide bonds. The molecule has 106 valence electrons. The van der Waals surface area contributed by atoms with Gasteiger partial charge in [0.15, 0.2) is 0 Å². The van der Waals surface area contributed by atoms with Gasteiger partial charge in [-0.3, -0.25) is 0 Å². The minimum absolute atomic E-state index is 0.157. The lowest BCUT2D eigenvalue weighted by Gasteiger charge is -2.06. The van der Waals surface area contributed by atoms with E-state index in [4.69, 9.17) is 10.3 Å². The summed E-state index contributed by atoms with van der Waals surface area (Å²) in [4.78, 5) is 4.37. The Balaban J connectivity index is 2.07. The second-order valence-electron chi connectivity index (χ2n) is 5.02. The first-order valence-corrected chi connectivity index (χ1v) is 6.55. The molecule has 3 N–H and O–H groups in total. The van der Waals surface area contributed by atoms with Crippen LogP contribution in [0.2, 0.25) is 0 Å². The molecule has 0 saturated heterocycles. The molecule has 0 bridgehead atoms. The molecule has 0 aliphatic carbocycles. The van der Waals surface area contributed by atoms with Crippen LogP contribution in [0.3, 0.4) is 0 Å². The van der Waals surface area contributed by atoms with Gasteiger partial charge in [0.1, 0.15) is 5.75 Å². The minimum Gasteiger partial charge on any atom is -0.508 e. The number of hydrogen-bond acceptors (Lipinski definition) is 5. The number of aromatic hydroxyl groups is 1. The zero-order chi connectivity index (χ0) is 15.0. The van der Waals surface area contributed by atoms with Gasteiger partial charge in [-0.15, -0.1) is 0 Å². The second-order valence-corrected chi connectivity index (χ2v) is 5.02. The quantitative estimate of drug-likeness (QED) is 0.704. The summed E-state index contributed by atoms with van der Waals surface area (Å²) < 4.78 is 5.31. The van der Waals surface area contributed by atoms with E-state index in [1.807, 2.05) is 26.0 Å². The van der Waals surface area contributed by atoms with E-state index in [-0.39, 0.29) is 5.75 Å². The Kier molecular flexibility index (Phi) is 3.10. The van der Waals surface area contributed by atoms with Crippen LogP contribution in [0, 0.1) is 13.8 Å². The molecule has 0 spiro atoms. The van der Waals surface area contributed by atoms with Crippen molar-refractivity contribution in [2.75, 3.05) is 5.73 Å². The molecule has 0 aliphatic rings. The van der Waals surface area contributed by atoms with Gasteiger partial charge in [0.05, 0.1) is 5.56 Å². The summed E-state index contributed by atoms with van der Waals surface area (Å²) >= 11 is 0. The topological polar surface area (TPSA) is 85.2 Å². The highest BCUT2D eigenvalue weighted by Crippen LogP contribution is 2.30. The molecule has 0 fully saturated rings. The van der Waals surface area contributed by atoms with E-state index >= 15 is 0 Å². The van der Waals surface area contributed by atoms with Crippen LogP contribution in [0.25, 0.3) is 22.8 Å². The number of phenols is 1. The van der Waals surface area contributed by atoms with E-state index in [0.717, 1.165) is 16.7 Å². The van der Waals surface area contributed by atoms with Crippen LogP contribution in [-0.4, -0.2) is 15.2 Å². The predicted molar refractivity (Wildman–Crippen MR) is 80.7 cm³/mol. The summed E-state index contributed by atoms with van der Waals surface area (Å²) in [6.07, 6.45) is 0. The number of benzene rings is 2. The number of rotatable bonds is 2. The van der Waals surface area contributed by atoms with Crippen molar-refractivity contribution in [3.63, 3.8) is 0 Å². The molecule has 0 unspecified atom stereocenters. The van der Waals surface area contributed by atoms with Crippen LogP contribution in [0.4, 0.5) is 5.69 Å². The summed E-state index contributed by atoms with van der Waals surface area (Å²) in [7, 11) is 0. The number of anilines is 1. The van der Waals surface area contributed by atoms with Gasteiger partial charge in [0.25, 0.3) is 5.89 Å². The van der Waals surface area contributed by atoms with Crippen LogP contribution in [0.15, 0.2) is 40.9 Å². The van der Waals surface area contributed by atoms with Crippen molar-refractivity contribution >= 4 is 5.69 Å². The molecule has 3 aromatic rings. The monoisotopic (exact) mass is 281 g/mol. The van der Waals surface area contributed by atoms with Crippen molar-refractivity contribution in [3.05, 3.63) is 47.5 Å². The molecule has 5 heteroatoms. The first-order valence-electron chi connectivity index (χ1n) is 6.55. The fraction of sp³-hybridized carbons (Fsp3) is 0.125. The Morgan fingerprint density at radius 1 is 1.14 bits per heavy atom. The van der Waals surface area contributed by atoms with Crippen LogP contribution in [0.5, 0.6) is 5.75 Å². The van der Waals surface area contributed by atoms with Gasteiger partial charge in [-0.05, 0) is 43.2 Å². The average Bonchev–Trinajstić information content (AvgIpc) is 2.92. The van der Waals surface area contributed by atoms with Gasteiger partial charge in [0, 0.05) is 11.3 Å². The van der Waals surface area contributed by atoms with Crippen LogP contribution in [-0.2, 0) is 0 Å². The lowest BCUT2D eigenvalue weighted by molar-refractivity contribution is 0.432. The van der Waals surface area contributed by atoms with Crippen LogP contribution in [0.1, 0.15) is 11.1 Å². The molecular formula is C16H15N3O2. The van der Waals surface area contributed by atoms with Crippen molar-refractivity contribution in [1.82, 2.24) is 10.1 Å². The number of hydrogen-bond donors (Lipinski definition) is 2. The van der Waals surface area contributed by atoms with Crippen molar-refractivity contribution in [2.45, 2.75) is 13.8 Å². The van der Waals surface area contributed by atoms with Crippen LogP contribution < -0.4 is 5.73 Å².